The normalized spacial score (nSPS) is 11.0. The van der Waals surface area contributed by atoms with Gasteiger partial charge in [0, 0.05) is 0 Å². The predicted octanol–water partition coefficient (Wildman–Crippen LogP) is -1.49. The van der Waals surface area contributed by atoms with Crippen molar-refractivity contribution < 1.29 is 21.5 Å². The average molecular weight is 198 g/mol. The quantitative estimate of drug-likeness (QED) is 0.417. The van der Waals surface area contributed by atoms with Crippen LogP contribution in [0, 0.1) is 0 Å². The van der Waals surface area contributed by atoms with Crippen molar-refractivity contribution in [3.05, 3.63) is 0 Å². The van der Waals surface area contributed by atoms with Gasteiger partial charge in [0.05, 0.1) is 0 Å². The molecule has 0 aliphatic rings. The molecule has 0 fully saturated rings. The SMILES string of the molecule is COC(=O)C[As](=O)(O)O. The molecule has 0 saturated carbocycles. The Morgan fingerprint density at radius 2 is 2.11 bits per heavy atom. The van der Waals surface area contributed by atoms with Crippen molar-refractivity contribution in [3.8, 4) is 0 Å². The predicted molar refractivity (Wildman–Crippen MR) is 27.7 cm³/mol. The molecule has 0 amide bonds. The third-order valence-corrected chi connectivity index (χ3v) is 1.97. The van der Waals surface area contributed by atoms with E-state index >= 15 is 0 Å². The van der Waals surface area contributed by atoms with Crippen LogP contribution in [-0.2, 0) is 13.3 Å². The summed E-state index contributed by atoms with van der Waals surface area (Å²) < 4.78 is 30.4. The maximum atomic E-state index is 10.1. The number of methoxy groups -OCH3 is 1. The zero-order valence-corrected chi connectivity index (χ0v) is 6.65. The van der Waals surface area contributed by atoms with E-state index in [0.29, 0.717) is 0 Å². The molecule has 0 aromatic rings. The van der Waals surface area contributed by atoms with Gasteiger partial charge in [0.15, 0.2) is 0 Å². The van der Waals surface area contributed by atoms with Crippen LogP contribution in [0.1, 0.15) is 0 Å². The van der Waals surface area contributed by atoms with Gasteiger partial charge in [-0.25, -0.2) is 0 Å². The third-order valence-electron chi connectivity index (χ3n) is 0.563. The summed E-state index contributed by atoms with van der Waals surface area (Å²) in [5, 5.41) is -0.783. The van der Waals surface area contributed by atoms with Crippen LogP contribution < -0.4 is 0 Å². The second kappa shape index (κ2) is 3.05. The van der Waals surface area contributed by atoms with Crippen molar-refractivity contribution in [1.29, 1.82) is 0 Å². The van der Waals surface area contributed by atoms with E-state index in [9.17, 15) is 8.53 Å². The van der Waals surface area contributed by atoms with Crippen LogP contribution in [0.15, 0.2) is 0 Å². The Hall–Kier alpha value is -0.252. The van der Waals surface area contributed by atoms with Crippen molar-refractivity contribution in [2.75, 3.05) is 7.11 Å². The molecular formula is C3H7AsO5. The van der Waals surface area contributed by atoms with Crippen LogP contribution in [0.2, 0.25) is 5.21 Å². The molecule has 0 unspecified atom stereocenters. The van der Waals surface area contributed by atoms with Crippen LogP contribution >= 0.6 is 0 Å². The monoisotopic (exact) mass is 198 g/mol. The van der Waals surface area contributed by atoms with E-state index in [1.807, 2.05) is 0 Å². The number of rotatable bonds is 2. The first-order chi connectivity index (χ1) is 3.95. The van der Waals surface area contributed by atoms with Crippen molar-refractivity contribution in [1.82, 2.24) is 0 Å². The topological polar surface area (TPSA) is 83.8 Å². The van der Waals surface area contributed by atoms with Gasteiger partial charge in [-0.2, -0.15) is 0 Å². The van der Waals surface area contributed by atoms with Crippen LogP contribution in [0.5, 0.6) is 0 Å². The van der Waals surface area contributed by atoms with E-state index in [-0.39, 0.29) is 0 Å². The van der Waals surface area contributed by atoms with Crippen LogP contribution in [0.3, 0.4) is 0 Å². The summed E-state index contributed by atoms with van der Waals surface area (Å²) >= 11 is -4.77. The molecule has 0 aliphatic carbocycles. The number of carbonyl (C=O) groups is 1. The Morgan fingerprint density at radius 1 is 1.67 bits per heavy atom. The Balaban J connectivity index is 3.75. The van der Waals surface area contributed by atoms with Crippen LogP contribution in [0.25, 0.3) is 0 Å². The fraction of sp³-hybridized carbons (Fsp3) is 0.667. The summed E-state index contributed by atoms with van der Waals surface area (Å²) in [6.07, 6.45) is 0. The summed E-state index contributed by atoms with van der Waals surface area (Å²) in [6.45, 7) is 0. The van der Waals surface area contributed by atoms with Crippen molar-refractivity contribution in [2.24, 2.45) is 0 Å². The first-order valence-corrected chi connectivity index (χ1v) is 5.84. The van der Waals surface area contributed by atoms with Gasteiger partial charge in [0.25, 0.3) is 0 Å². The molecule has 0 bridgehead atoms. The van der Waals surface area contributed by atoms with Crippen molar-refractivity contribution >= 4 is 20.1 Å². The number of carbonyl (C=O) groups excluding carboxylic acids is 1. The summed E-state index contributed by atoms with van der Waals surface area (Å²) in [6, 6.07) is 0. The van der Waals surface area contributed by atoms with Gasteiger partial charge in [0.1, 0.15) is 0 Å². The molecule has 0 radical (unpaired) electrons. The molecule has 0 spiro atoms. The second-order valence-electron chi connectivity index (χ2n) is 1.40. The number of hydrogen-bond donors (Lipinski definition) is 2. The second-order valence-corrected chi connectivity index (χ2v) is 4.85. The zero-order valence-electron chi connectivity index (χ0n) is 4.77. The third kappa shape index (κ3) is 5.62. The number of hydrogen-bond acceptors (Lipinski definition) is 3. The van der Waals surface area contributed by atoms with Gasteiger partial charge in [-0.15, -0.1) is 0 Å². The summed E-state index contributed by atoms with van der Waals surface area (Å²) in [5.41, 5.74) is 0. The molecular weight excluding hydrogens is 191 g/mol. The van der Waals surface area contributed by atoms with Gasteiger partial charge in [0.2, 0.25) is 0 Å². The average Bonchev–Trinajstić information content (AvgIpc) is 1.62. The van der Waals surface area contributed by atoms with Crippen molar-refractivity contribution in [3.63, 3.8) is 0 Å². The molecule has 9 heavy (non-hydrogen) atoms. The molecule has 6 heteroatoms. The van der Waals surface area contributed by atoms with Gasteiger partial charge >= 0.3 is 53.9 Å². The Labute approximate surface area is 54.6 Å². The molecule has 0 saturated heterocycles. The van der Waals surface area contributed by atoms with E-state index in [2.05, 4.69) is 4.74 Å². The summed E-state index contributed by atoms with van der Waals surface area (Å²) in [5.74, 6) is -0.873. The van der Waals surface area contributed by atoms with E-state index in [0.717, 1.165) is 7.11 Å². The Bertz CT molecular complexity index is 146. The van der Waals surface area contributed by atoms with Crippen molar-refractivity contribution in [2.45, 2.75) is 5.21 Å². The molecule has 0 atom stereocenters. The molecule has 0 aromatic carbocycles. The Morgan fingerprint density at radius 3 is 2.22 bits per heavy atom. The first kappa shape index (κ1) is 8.75. The van der Waals surface area contributed by atoms with Gasteiger partial charge < -0.3 is 0 Å². The number of ether oxygens (including phenoxy) is 1. The molecule has 5 nitrogen and oxygen atoms in total. The molecule has 0 aromatic heterocycles. The molecule has 2 N–H and O–H groups in total. The van der Waals surface area contributed by atoms with Crippen LogP contribution in [-0.4, -0.2) is 35.4 Å². The first-order valence-electron chi connectivity index (χ1n) is 2.07. The molecule has 0 heterocycles. The standard InChI is InChI=1S/C3H7AsO5/c1-9-3(5)2-4(6,7)8/h2H2,1H3,(H2,6,7,8). The van der Waals surface area contributed by atoms with Gasteiger partial charge in [-0.05, 0) is 0 Å². The van der Waals surface area contributed by atoms with Gasteiger partial charge in [-0.3, -0.25) is 0 Å². The number of esters is 1. The van der Waals surface area contributed by atoms with E-state index in [1.54, 1.807) is 0 Å². The fourth-order valence-corrected chi connectivity index (χ4v) is 1.21. The minimum atomic E-state index is -4.77. The molecule has 54 valence electrons. The molecule has 0 aliphatic heterocycles. The Kier molecular flexibility index (Phi) is 2.97. The van der Waals surface area contributed by atoms with E-state index in [4.69, 9.17) is 8.19 Å². The maximum absolute atomic E-state index is 10.1. The summed E-state index contributed by atoms with van der Waals surface area (Å²) in [4.78, 5) is 10.1. The summed E-state index contributed by atoms with van der Waals surface area (Å²) in [7, 11) is 1.08. The molecule has 0 rings (SSSR count). The minimum absolute atomic E-state index is 0.783. The van der Waals surface area contributed by atoms with E-state index < -0.39 is 25.4 Å². The zero-order chi connectivity index (χ0) is 7.49. The van der Waals surface area contributed by atoms with Gasteiger partial charge in [-0.1, -0.05) is 0 Å². The van der Waals surface area contributed by atoms with E-state index in [1.165, 1.54) is 0 Å². The van der Waals surface area contributed by atoms with Crippen LogP contribution in [0.4, 0.5) is 0 Å². The fourth-order valence-electron chi connectivity index (χ4n) is 0.233.